The summed E-state index contributed by atoms with van der Waals surface area (Å²) in [5.41, 5.74) is 1.48. The van der Waals surface area contributed by atoms with Crippen LogP contribution in [0.15, 0.2) is 30.3 Å². The largest absolute Gasteiger partial charge is 0.372 e. The van der Waals surface area contributed by atoms with Gasteiger partial charge in [0.1, 0.15) is 5.82 Å². The van der Waals surface area contributed by atoms with Crippen LogP contribution >= 0.6 is 23.2 Å². The van der Waals surface area contributed by atoms with Gasteiger partial charge in [0.25, 0.3) is 0 Å². The zero-order valence-corrected chi connectivity index (χ0v) is 10.0. The third-order valence-electron chi connectivity index (χ3n) is 2.13. The molecule has 0 fully saturated rings. The molecule has 1 N–H and O–H groups in total. The lowest BCUT2D eigenvalue weighted by atomic mass is 10.1. The van der Waals surface area contributed by atoms with Crippen LogP contribution in [0, 0.1) is 0 Å². The molecule has 3 nitrogen and oxygen atoms in total. The van der Waals surface area contributed by atoms with Gasteiger partial charge in [-0.1, -0.05) is 23.2 Å². The molecule has 0 saturated carbocycles. The maximum atomic E-state index is 6.06. The molecule has 0 radical (unpaired) electrons. The van der Waals surface area contributed by atoms with Gasteiger partial charge in [0.15, 0.2) is 0 Å². The van der Waals surface area contributed by atoms with Gasteiger partial charge in [-0.15, -0.1) is 10.2 Å². The van der Waals surface area contributed by atoms with Crippen LogP contribution in [0.5, 0.6) is 0 Å². The third kappa shape index (κ3) is 2.26. The molecule has 1 aromatic carbocycles. The van der Waals surface area contributed by atoms with E-state index in [1.165, 1.54) is 0 Å². The van der Waals surface area contributed by atoms with Crippen LogP contribution in [0.2, 0.25) is 10.0 Å². The summed E-state index contributed by atoms with van der Waals surface area (Å²) in [6.45, 7) is 0. The van der Waals surface area contributed by atoms with Gasteiger partial charge in [-0.3, -0.25) is 0 Å². The average Bonchev–Trinajstić information content (AvgIpc) is 2.32. The van der Waals surface area contributed by atoms with E-state index in [9.17, 15) is 0 Å². The molecular formula is C11H9Cl2N3. The second-order valence-electron chi connectivity index (χ2n) is 3.18. The molecule has 0 saturated heterocycles. The van der Waals surface area contributed by atoms with E-state index in [-0.39, 0.29) is 0 Å². The van der Waals surface area contributed by atoms with Crippen LogP contribution in [0.1, 0.15) is 0 Å². The average molecular weight is 254 g/mol. The fourth-order valence-corrected chi connectivity index (χ4v) is 1.69. The highest BCUT2D eigenvalue weighted by Crippen LogP contribution is 2.29. The minimum absolute atomic E-state index is 0.607. The zero-order chi connectivity index (χ0) is 11.5. The monoisotopic (exact) mass is 253 g/mol. The number of rotatable bonds is 2. The Bertz CT molecular complexity index is 497. The van der Waals surface area contributed by atoms with Gasteiger partial charge < -0.3 is 5.32 Å². The molecule has 0 bridgehead atoms. The number of benzene rings is 1. The van der Waals surface area contributed by atoms with Gasteiger partial charge in [0, 0.05) is 17.6 Å². The lowest BCUT2D eigenvalue weighted by Crippen LogP contribution is -1.95. The van der Waals surface area contributed by atoms with Crippen molar-refractivity contribution in [3.05, 3.63) is 40.4 Å². The van der Waals surface area contributed by atoms with E-state index in [1.54, 1.807) is 25.2 Å². The van der Waals surface area contributed by atoms with E-state index in [1.807, 2.05) is 12.1 Å². The number of halogens is 2. The van der Waals surface area contributed by atoms with Crippen molar-refractivity contribution in [2.75, 3.05) is 12.4 Å². The molecule has 0 spiro atoms. The smallest absolute Gasteiger partial charge is 0.148 e. The van der Waals surface area contributed by atoms with Crippen molar-refractivity contribution in [1.29, 1.82) is 0 Å². The second-order valence-corrected chi connectivity index (χ2v) is 4.02. The first-order valence-corrected chi connectivity index (χ1v) is 5.43. The summed E-state index contributed by atoms with van der Waals surface area (Å²) in [5.74, 6) is 0.710. The van der Waals surface area contributed by atoms with Gasteiger partial charge in [0.05, 0.1) is 10.7 Å². The summed E-state index contributed by atoms with van der Waals surface area (Å²) in [7, 11) is 1.79. The summed E-state index contributed by atoms with van der Waals surface area (Å²) < 4.78 is 0. The highest BCUT2D eigenvalue weighted by Gasteiger charge is 2.06. The third-order valence-corrected chi connectivity index (χ3v) is 2.69. The quantitative estimate of drug-likeness (QED) is 0.891. The van der Waals surface area contributed by atoms with Crippen molar-refractivity contribution in [2.24, 2.45) is 0 Å². The lowest BCUT2D eigenvalue weighted by molar-refractivity contribution is 1.04. The number of hydrogen-bond donors (Lipinski definition) is 1. The van der Waals surface area contributed by atoms with Crippen LogP contribution in [0.3, 0.4) is 0 Å². The van der Waals surface area contributed by atoms with Crippen LogP contribution in [0.4, 0.5) is 5.82 Å². The molecule has 2 aromatic rings. The summed E-state index contributed by atoms with van der Waals surface area (Å²) in [6.07, 6.45) is 0. The molecule has 16 heavy (non-hydrogen) atoms. The van der Waals surface area contributed by atoms with Gasteiger partial charge in [0.2, 0.25) is 0 Å². The summed E-state index contributed by atoms with van der Waals surface area (Å²) in [5, 5.41) is 12.2. The number of anilines is 1. The first kappa shape index (κ1) is 11.2. The molecule has 0 amide bonds. The topological polar surface area (TPSA) is 37.8 Å². The molecule has 2 rings (SSSR count). The van der Waals surface area contributed by atoms with E-state index >= 15 is 0 Å². The van der Waals surface area contributed by atoms with Gasteiger partial charge in [-0.05, 0) is 30.3 Å². The van der Waals surface area contributed by atoms with Gasteiger partial charge in [-0.2, -0.15) is 0 Å². The summed E-state index contributed by atoms with van der Waals surface area (Å²) in [4.78, 5) is 0. The molecule has 0 atom stereocenters. The van der Waals surface area contributed by atoms with Crippen molar-refractivity contribution in [2.45, 2.75) is 0 Å². The maximum Gasteiger partial charge on any atom is 0.148 e. The molecule has 0 aliphatic carbocycles. The Morgan fingerprint density at radius 3 is 2.50 bits per heavy atom. The standard InChI is InChI=1S/C11H9Cl2N3/c1-14-11-5-4-10(15-16-11)8-6-7(12)2-3-9(8)13/h2-6H,1H3,(H,14,16). The Hall–Kier alpha value is -1.32. The molecular weight excluding hydrogens is 245 g/mol. The Balaban J connectivity index is 2.45. The molecule has 1 heterocycles. The van der Waals surface area contributed by atoms with E-state index in [0.29, 0.717) is 21.6 Å². The predicted octanol–water partition coefficient (Wildman–Crippen LogP) is 3.49. The lowest BCUT2D eigenvalue weighted by Gasteiger charge is -2.04. The molecule has 5 heteroatoms. The fraction of sp³-hybridized carbons (Fsp3) is 0.0909. The molecule has 0 aliphatic rings. The van der Waals surface area contributed by atoms with Crippen molar-refractivity contribution in [1.82, 2.24) is 10.2 Å². The van der Waals surface area contributed by atoms with Crippen molar-refractivity contribution in [3.63, 3.8) is 0 Å². The first-order valence-electron chi connectivity index (χ1n) is 4.67. The number of nitrogens with one attached hydrogen (secondary N) is 1. The summed E-state index contributed by atoms with van der Waals surface area (Å²) >= 11 is 12.0. The second kappa shape index (κ2) is 4.68. The Kier molecular flexibility index (Phi) is 3.27. The van der Waals surface area contributed by atoms with E-state index in [2.05, 4.69) is 15.5 Å². The van der Waals surface area contributed by atoms with E-state index in [4.69, 9.17) is 23.2 Å². The van der Waals surface area contributed by atoms with Crippen molar-refractivity contribution in [3.8, 4) is 11.3 Å². The Morgan fingerprint density at radius 2 is 1.88 bits per heavy atom. The van der Waals surface area contributed by atoms with E-state index < -0.39 is 0 Å². The van der Waals surface area contributed by atoms with Crippen LogP contribution in [-0.2, 0) is 0 Å². The molecule has 0 aliphatic heterocycles. The normalized spacial score (nSPS) is 10.2. The minimum atomic E-state index is 0.607. The highest BCUT2D eigenvalue weighted by molar-refractivity contribution is 6.35. The molecule has 82 valence electrons. The van der Waals surface area contributed by atoms with Gasteiger partial charge >= 0.3 is 0 Å². The van der Waals surface area contributed by atoms with Crippen LogP contribution in [0.25, 0.3) is 11.3 Å². The van der Waals surface area contributed by atoms with Crippen LogP contribution in [-0.4, -0.2) is 17.2 Å². The first-order chi connectivity index (χ1) is 7.70. The van der Waals surface area contributed by atoms with Crippen molar-refractivity contribution < 1.29 is 0 Å². The van der Waals surface area contributed by atoms with Crippen molar-refractivity contribution >= 4 is 29.0 Å². The van der Waals surface area contributed by atoms with E-state index in [0.717, 1.165) is 5.56 Å². The highest BCUT2D eigenvalue weighted by atomic mass is 35.5. The predicted molar refractivity (Wildman–Crippen MR) is 67.0 cm³/mol. The zero-order valence-electron chi connectivity index (χ0n) is 8.54. The van der Waals surface area contributed by atoms with Gasteiger partial charge in [-0.25, -0.2) is 0 Å². The SMILES string of the molecule is CNc1ccc(-c2cc(Cl)ccc2Cl)nn1. The minimum Gasteiger partial charge on any atom is -0.372 e. The maximum absolute atomic E-state index is 6.06. The number of aromatic nitrogens is 2. The Labute approximate surface area is 103 Å². The number of hydrogen-bond acceptors (Lipinski definition) is 3. The fourth-order valence-electron chi connectivity index (χ4n) is 1.30. The summed E-state index contributed by atoms with van der Waals surface area (Å²) in [6, 6.07) is 8.93. The number of nitrogens with zero attached hydrogens (tertiary/aromatic N) is 2. The molecule has 0 unspecified atom stereocenters. The molecule has 1 aromatic heterocycles. The Morgan fingerprint density at radius 1 is 1.06 bits per heavy atom. The van der Waals surface area contributed by atoms with Crippen LogP contribution < -0.4 is 5.32 Å².